The van der Waals surface area contributed by atoms with Crippen LogP contribution in [0.1, 0.15) is 32.0 Å². The molecule has 31 heavy (non-hydrogen) atoms. The fraction of sp³-hybridized carbons (Fsp3) is 0.333. The highest BCUT2D eigenvalue weighted by atomic mass is 127. The Morgan fingerprint density at radius 3 is 2.52 bits per heavy atom. The Morgan fingerprint density at radius 2 is 1.81 bits per heavy atom. The SMILES string of the molecule is Cn1nc2c(c1NS(=O)(=O)c1cccc3c(I)cccc13)CN(C(=O)OC(C)(C)C)C2. The Morgan fingerprint density at radius 1 is 1.13 bits per heavy atom. The second-order valence-electron chi connectivity index (χ2n) is 8.43. The Bertz CT molecular complexity index is 1290. The topological polar surface area (TPSA) is 93.5 Å². The molecule has 1 aliphatic heterocycles. The monoisotopic (exact) mass is 554 g/mol. The molecular formula is C21H23IN4O4S. The quantitative estimate of drug-likeness (QED) is 0.490. The van der Waals surface area contributed by atoms with E-state index in [2.05, 4.69) is 32.4 Å². The number of ether oxygens (including phenoxy) is 1. The lowest BCUT2D eigenvalue weighted by Crippen LogP contribution is -2.33. The Kier molecular flexibility index (Phi) is 5.41. The van der Waals surface area contributed by atoms with Crippen molar-refractivity contribution in [1.29, 1.82) is 0 Å². The van der Waals surface area contributed by atoms with Gasteiger partial charge in [0.25, 0.3) is 10.0 Å². The van der Waals surface area contributed by atoms with Crippen molar-refractivity contribution in [2.24, 2.45) is 7.05 Å². The van der Waals surface area contributed by atoms with E-state index in [1.807, 2.05) is 18.2 Å². The van der Waals surface area contributed by atoms with E-state index in [1.54, 1.807) is 46.0 Å². The van der Waals surface area contributed by atoms with Crippen LogP contribution in [-0.4, -0.2) is 34.8 Å². The van der Waals surface area contributed by atoms with Crippen LogP contribution >= 0.6 is 22.6 Å². The summed E-state index contributed by atoms with van der Waals surface area (Å²) in [6.45, 7) is 5.90. The summed E-state index contributed by atoms with van der Waals surface area (Å²) in [6.07, 6.45) is -0.453. The van der Waals surface area contributed by atoms with Crippen LogP contribution in [0.15, 0.2) is 41.3 Å². The summed E-state index contributed by atoms with van der Waals surface area (Å²) in [5, 5.41) is 5.94. The standard InChI is InChI=1S/C21H23IN4O4S/c1-21(2,3)30-20(27)26-11-15-17(12-26)23-25(4)19(15)24-31(28,29)18-10-6-7-13-14(18)8-5-9-16(13)22/h5-10,24H,11-12H2,1-4H3. The van der Waals surface area contributed by atoms with Gasteiger partial charge in [-0.15, -0.1) is 0 Å². The summed E-state index contributed by atoms with van der Waals surface area (Å²) in [5.41, 5.74) is 0.711. The summed E-state index contributed by atoms with van der Waals surface area (Å²) in [5.74, 6) is 0.351. The lowest BCUT2D eigenvalue weighted by atomic mass is 10.1. The first-order chi connectivity index (χ1) is 14.5. The highest BCUT2D eigenvalue weighted by Crippen LogP contribution is 2.33. The number of fused-ring (bicyclic) bond motifs is 2. The third kappa shape index (κ3) is 4.22. The number of hydrogen-bond acceptors (Lipinski definition) is 5. The second-order valence-corrected chi connectivity index (χ2v) is 11.2. The van der Waals surface area contributed by atoms with Crippen LogP contribution in [0.2, 0.25) is 0 Å². The third-order valence-electron chi connectivity index (χ3n) is 4.92. The number of rotatable bonds is 3. The number of hydrogen-bond donors (Lipinski definition) is 1. The lowest BCUT2D eigenvalue weighted by molar-refractivity contribution is 0.0239. The van der Waals surface area contributed by atoms with Crippen LogP contribution in [-0.2, 0) is 34.9 Å². The molecule has 164 valence electrons. The van der Waals surface area contributed by atoms with E-state index >= 15 is 0 Å². The first kappa shape index (κ1) is 21.9. The van der Waals surface area contributed by atoms with Crippen LogP contribution in [0.4, 0.5) is 10.6 Å². The molecule has 8 nitrogen and oxygen atoms in total. The van der Waals surface area contributed by atoms with Gasteiger partial charge in [0.05, 0.1) is 23.7 Å². The summed E-state index contributed by atoms with van der Waals surface area (Å²) in [7, 11) is -2.21. The average molecular weight is 554 g/mol. The maximum absolute atomic E-state index is 13.3. The molecule has 3 aromatic rings. The van der Waals surface area contributed by atoms with Crippen molar-refractivity contribution in [2.45, 2.75) is 44.4 Å². The molecule has 0 bridgehead atoms. The van der Waals surface area contributed by atoms with Gasteiger partial charge in [0.15, 0.2) is 0 Å². The zero-order valence-electron chi connectivity index (χ0n) is 17.6. The molecule has 0 fully saturated rings. The van der Waals surface area contributed by atoms with Crippen molar-refractivity contribution in [3.05, 3.63) is 51.2 Å². The van der Waals surface area contributed by atoms with E-state index in [1.165, 1.54) is 9.58 Å². The minimum absolute atomic E-state index is 0.195. The van der Waals surface area contributed by atoms with E-state index in [9.17, 15) is 13.2 Å². The van der Waals surface area contributed by atoms with E-state index in [4.69, 9.17) is 4.74 Å². The maximum atomic E-state index is 13.3. The van der Waals surface area contributed by atoms with Crippen LogP contribution in [0.25, 0.3) is 10.8 Å². The number of nitrogens with one attached hydrogen (secondary N) is 1. The Hall–Kier alpha value is -2.34. The van der Waals surface area contributed by atoms with Gasteiger partial charge in [-0.2, -0.15) is 5.10 Å². The molecule has 0 spiro atoms. The third-order valence-corrected chi connectivity index (χ3v) is 7.26. The molecule has 0 radical (unpaired) electrons. The maximum Gasteiger partial charge on any atom is 0.410 e. The highest BCUT2D eigenvalue weighted by molar-refractivity contribution is 14.1. The fourth-order valence-corrected chi connectivity index (χ4v) is 5.61. The average Bonchev–Trinajstić information content (AvgIpc) is 3.19. The summed E-state index contributed by atoms with van der Waals surface area (Å²) in [6, 6.07) is 10.8. The van der Waals surface area contributed by atoms with Crippen molar-refractivity contribution in [2.75, 3.05) is 4.72 Å². The first-order valence-corrected chi connectivity index (χ1v) is 12.3. The van der Waals surface area contributed by atoms with Gasteiger partial charge < -0.3 is 4.74 Å². The predicted octanol–water partition coefficient (Wildman–Crippen LogP) is 4.23. The molecule has 4 rings (SSSR count). The van der Waals surface area contributed by atoms with Crippen molar-refractivity contribution in [3.8, 4) is 0 Å². The van der Waals surface area contributed by atoms with Gasteiger partial charge in [0.2, 0.25) is 0 Å². The van der Waals surface area contributed by atoms with Crippen LogP contribution < -0.4 is 4.72 Å². The number of aryl methyl sites for hydroxylation is 1. The van der Waals surface area contributed by atoms with Gasteiger partial charge in [-0.25, -0.2) is 13.2 Å². The molecule has 0 unspecified atom stereocenters. The second kappa shape index (κ2) is 7.66. The molecular weight excluding hydrogens is 531 g/mol. The number of benzene rings is 2. The van der Waals surface area contributed by atoms with Crippen LogP contribution in [0, 0.1) is 3.57 Å². The first-order valence-electron chi connectivity index (χ1n) is 9.69. The van der Waals surface area contributed by atoms with Gasteiger partial charge in [-0.1, -0.05) is 24.3 Å². The molecule has 10 heteroatoms. The van der Waals surface area contributed by atoms with Gasteiger partial charge >= 0.3 is 6.09 Å². The minimum atomic E-state index is -3.89. The van der Waals surface area contributed by atoms with Crippen molar-refractivity contribution < 1.29 is 17.9 Å². The highest BCUT2D eigenvalue weighted by Gasteiger charge is 2.34. The predicted molar refractivity (Wildman–Crippen MR) is 126 cm³/mol. The van der Waals surface area contributed by atoms with Crippen molar-refractivity contribution in [3.63, 3.8) is 0 Å². The lowest BCUT2D eigenvalue weighted by Gasteiger charge is -2.24. The number of amides is 1. The van der Waals surface area contributed by atoms with Gasteiger partial charge in [-0.05, 0) is 60.9 Å². The number of carbonyl (C=O) groups is 1. The van der Waals surface area contributed by atoms with Gasteiger partial charge in [-0.3, -0.25) is 14.3 Å². The number of carbonyl (C=O) groups excluding carboxylic acids is 1. The summed E-state index contributed by atoms with van der Waals surface area (Å²) in [4.78, 5) is 14.1. The number of sulfonamides is 1. The van der Waals surface area contributed by atoms with Crippen molar-refractivity contribution in [1.82, 2.24) is 14.7 Å². The number of anilines is 1. The van der Waals surface area contributed by atoms with Crippen LogP contribution in [0.3, 0.4) is 0 Å². The molecule has 1 amide bonds. The Labute approximate surface area is 194 Å². The minimum Gasteiger partial charge on any atom is -0.444 e. The fourth-order valence-electron chi connectivity index (χ4n) is 3.59. The molecule has 1 N–H and O–H groups in total. The molecule has 2 aromatic carbocycles. The number of halogens is 1. The molecule has 2 heterocycles. The van der Waals surface area contributed by atoms with E-state index < -0.39 is 21.7 Å². The normalized spacial score (nSPS) is 14.0. The van der Waals surface area contributed by atoms with E-state index in [0.717, 1.165) is 8.96 Å². The molecule has 1 aromatic heterocycles. The summed E-state index contributed by atoms with van der Waals surface area (Å²) < 4.78 is 37.2. The Balaban J connectivity index is 1.66. The zero-order chi connectivity index (χ0) is 22.6. The van der Waals surface area contributed by atoms with Gasteiger partial charge in [0.1, 0.15) is 11.4 Å². The number of aromatic nitrogens is 2. The molecule has 0 saturated carbocycles. The van der Waals surface area contributed by atoms with Crippen LogP contribution in [0.5, 0.6) is 0 Å². The van der Waals surface area contributed by atoms with E-state index in [0.29, 0.717) is 22.5 Å². The molecule has 1 aliphatic rings. The summed E-state index contributed by atoms with van der Waals surface area (Å²) >= 11 is 2.19. The smallest absolute Gasteiger partial charge is 0.410 e. The van der Waals surface area contributed by atoms with Gasteiger partial charge in [0, 0.05) is 21.6 Å². The van der Waals surface area contributed by atoms with Crippen molar-refractivity contribution >= 4 is 55.3 Å². The number of nitrogens with zero attached hydrogens (tertiary/aromatic N) is 3. The molecule has 0 aliphatic carbocycles. The largest absolute Gasteiger partial charge is 0.444 e. The zero-order valence-corrected chi connectivity index (χ0v) is 20.6. The van der Waals surface area contributed by atoms with E-state index in [-0.39, 0.29) is 18.0 Å². The molecule has 0 atom stereocenters. The molecule has 0 saturated heterocycles.